The summed E-state index contributed by atoms with van der Waals surface area (Å²) in [7, 11) is 0. The molecular formula is C13H20N2O2. The number of benzene rings is 1. The first-order chi connectivity index (χ1) is 7.87. The average molecular weight is 236 g/mol. The molecule has 94 valence electrons. The quantitative estimate of drug-likeness (QED) is 0.740. The highest BCUT2D eigenvalue weighted by atomic mass is 16.3. The molecule has 0 atom stereocenters. The summed E-state index contributed by atoms with van der Waals surface area (Å²) >= 11 is 0. The second-order valence-corrected chi connectivity index (χ2v) is 5.07. The summed E-state index contributed by atoms with van der Waals surface area (Å²) in [5.41, 5.74) is 0.837. The second kappa shape index (κ2) is 5.68. The van der Waals surface area contributed by atoms with Gasteiger partial charge in [0.1, 0.15) is 5.75 Å². The van der Waals surface area contributed by atoms with Gasteiger partial charge in [0, 0.05) is 12.1 Å². The van der Waals surface area contributed by atoms with Crippen LogP contribution in [0, 0.1) is 0 Å². The normalized spacial score (nSPS) is 11.2. The number of rotatable bonds is 4. The summed E-state index contributed by atoms with van der Waals surface area (Å²) in [5.74, 6) is 0.232. The van der Waals surface area contributed by atoms with E-state index in [2.05, 4.69) is 10.6 Å². The lowest BCUT2D eigenvalue weighted by Gasteiger charge is -2.20. The van der Waals surface area contributed by atoms with E-state index in [9.17, 15) is 4.79 Å². The molecule has 1 aromatic carbocycles. The van der Waals surface area contributed by atoms with Gasteiger partial charge in [0.25, 0.3) is 0 Å². The Morgan fingerprint density at radius 3 is 2.35 bits per heavy atom. The van der Waals surface area contributed by atoms with E-state index in [0.717, 1.165) is 5.56 Å². The molecule has 0 saturated heterocycles. The minimum Gasteiger partial charge on any atom is -0.508 e. The molecule has 0 unspecified atom stereocenters. The average Bonchev–Trinajstić information content (AvgIpc) is 2.18. The SMILES string of the molecule is CC(C)(C)NC(=O)CNCc1ccc(O)cc1. The molecule has 0 aliphatic rings. The summed E-state index contributed by atoms with van der Waals surface area (Å²) in [5, 5.41) is 15.0. The van der Waals surface area contributed by atoms with Crippen molar-refractivity contribution < 1.29 is 9.90 Å². The molecule has 0 aromatic heterocycles. The highest BCUT2D eigenvalue weighted by Gasteiger charge is 2.12. The van der Waals surface area contributed by atoms with Crippen molar-refractivity contribution in [1.29, 1.82) is 0 Å². The van der Waals surface area contributed by atoms with Gasteiger partial charge in [-0.1, -0.05) is 12.1 Å². The van der Waals surface area contributed by atoms with E-state index in [1.807, 2.05) is 32.9 Å². The highest BCUT2D eigenvalue weighted by molar-refractivity contribution is 5.78. The van der Waals surface area contributed by atoms with Gasteiger partial charge in [-0.2, -0.15) is 0 Å². The molecule has 17 heavy (non-hydrogen) atoms. The molecule has 4 heteroatoms. The Morgan fingerprint density at radius 2 is 1.82 bits per heavy atom. The Bertz CT molecular complexity index is 366. The summed E-state index contributed by atoms with van der Waals surface area (Å²) < 4.78 is 0. The molecule has 0 aliphatic carbocycles. The van der Waals surface area contributed by atoms with Gasteiger partial charge < -0.3 is 15.7 Å². The van der Waals surface area contributed by atoms with Crippen molar-refractivity contribution in [2.75, 3.05) is 6.54 Å². The first-order valence-corrected chi connectivity index (χ1v) is 5.66. The van der Waals surface area contributed by atoms with E-state index in [1.54, 1.807) is 12.1 Å². The van der Waals surface area contributed by atoms with Crippen LogP contribution in [-0.2, 0) is 11.3 Å². The van der Waals surface area contributed by atoms with E-state index < -0.39 is 0 Å². The van der Waals surface area contributed by atoms with Crippen molar-refractivity contribution in [3.05, 3.63) is 29.8 Å². The molecule has 0 fully saturated rings. The number of phenols is 1. The first kappa shape index (κ1) is 13.5. The van der Waals surface area contributed by atoms with Crippen LogP contribution in [0.25, 0.3) is 0 Å². The van der Waals surface area contributed by atoms with Crippen LogP contribution in [0.4, 0.5) is 0 Å². The predicted octanol–water partition coefficient (Wildman–Crippen LogP) is 1.40. The lowest BCUT2D eigenvalue weighted by molar-refractivity contribution is -0.121. The molecule has 1 amide bonds. The first-order valence-electron chi connectivity index (χ1n) is 5.66. The zero-order valence-corrected chi connectivity index (χ0v) is 10.6. The lowest BCUT2D eigenvalue weighted by Crippen LogP contribution is -2.44. The number of carbonyl (C=O) groups excluding carboxylic acids is 1. The van der Waals surface area contributed by atoms with Gasteiger partial charge in [0.2, 0.25) is 5.91 Å². The van der Waals surface area contributed by atoms with Crippen LogP contribution in [0.1, 0.15) is 26.3 Å². The highest BCUT2D eigenvalue weighted by Crippen LogP contribution is 2.08. The summed E-state index contributed by atoms with van der Waals surface area (Å²) in [6.45, 7) is 6.75. The van der Waals surface area contributed by atoms with Crippen molar-refractivity contribution >= 4 is 5.91 Å². The number of amides is 1. The lowest BCUT2D eigenvalue weighted by atomic mass is 10.1. The van der Waals surface area contributed by atoms with E-state index in [-0.39, 0.29) is 23.7 Å². The Labute approximate surface area is 102 Å². The zero-order chi connectivity index (χ0) is 12.9. The fourth-order valence-electron chi connectivity index (χ4n) is 1.40. The van der Waals surface area contributed by atoms with E-state index in [4.69, 9.17) is 5.11 Å². The van der Waals surface area contributed by atoms with Crippen LogP contribution in [0.15, 0.2) is 24.3 Å². The fraction of sp³-hybridized carbons (Fsp3) is 0.462. The van der Waals surface area contributed by atoms with Gasteiger partial charge in [-0.25, -0.2) is 0 Å². The number of phenolic OH excluding ortho intramolecular Hbond substituents is 1. The smallest absolute Gasteiger partial charge is 0.234 e. The predicted molar refractivity (Wildman–Crippen MR) is 67.7 cm³/mol. The summed E-state index contributed by atoms with van der Waals surface area (Å²) in [4.78, 5) is 11.5. The molecule has 0 radical (unpaired) electrons. The molecule has 4 nitrogen and oxygen atoms in total. The molecule has 3 N–H and O–H groups in total. The van der Waals surface area contributed by atoms with Crippen molar-refractivity contribution in [2.24, 2.45) is 0 Å². The molecular weight excluding hydrogens is 216 g/mol. The maximum Gasteiger partial charge on any atom is 0.234 e. The largest absolute Gasteiger partial charge is 0.508 e. The van der Waals surface area contributed by atoms with E-state index >= 15 is 0 Å². The topological polar surface area (TPSA) is 61.4 Å². The minimum atomic E-state index is -0.197. The number of hydrogen-bond acceptors (Lipinski definition) is 3. The van der Waals surface area contributed by atoms with Gasteiger partial charge in [-0.05, 0) is 38.5 Å². The van der Waals surface area contributed by atoms with E-state index in [1.165, 1.54) is 0 Å². The zero-order valence-electron chi connectivity index (χ0n) is 10.6. The second-order valence-electron chi connectivity index (χ2n) is 5.07. The number of carbonyl (C=O) groups is 1. The molecule has 0 aliphatic heterocycles. The third kappa shape index (κ3) is 5.92. The summed E-state index contributed by atoms with van der Waals surface area (Å²) in [6, 6.07) is 6.91. The minimum absolute atomic E-state index is 0.0173. The Morgan fingerprint density at radius 1 is 1.24 bits per heavy atom. The monoisotopic (exact) mass is 236 g/mol. The van der Waals surface area contributed by atoms with Gasteiger partial charge >= 0.3 is 0 Å². The maximum absolute atomic E-state index is 11.5. The molecule has 0 spiro atoms. The molecule has 0 heterocycles. The third-order valence-electron chi connectivity index (χ3n) is 2.07. The van der Waals surface area contributed by atoms with E-state index in [0.29, 0.717) is 6.54 Å². The Kier molecular flexibility index (Phi) is 4.52. The third-order valence-corrected chi connectivity index (χ3v) is 2.07. The Hall–Kier alpha value is -1.55. The molecule has 0 saturated carbocycles. The van der Waals surface area contributed by atoms with Crippen LogP contribution in [0.5, 0.6) is 5.75 Å². The standard InChI is InChI=1S/C13H20N2O2/c1-13(2,3)15-12(17)9-14-8-10-4-6-11(16)7-5-10/h4-7,14,16H,8-9H2,1-3H3,(H,15,17). The number of nitrogens with one attached hydrogen (secondary N) is 2. The Balaban J connectivity index is 2.28. The van der Waals surface area contributed by atoms with Crippen LogP contribution in [0.3, 0.4) is 0 Å². The van der Waals surface area contributed by atoms with Crippen LogP contribution in [0.2, 0.25) is 0 Å². The number of aromatic hydroxyl groups is 1. The maximum atomic E-state index is 11.5. The fourth-order valence-corrected chi connectivity index (χ4v) is 1.40. The van der Waals surface area contributed by atoms with Gasteiger partial charge in [-0.3, -0.25) is 4.79 Å². The molecule has 1 aromatic rings. The molecule has 1 rings (SSSR count). The molecule has 0 bridgehead atoms. The van der Waals surface area contributed by atoms with Gasteiger partial charge in [0.05, 0.1) is 6.54 Å². The summed E-state index contributed by atoms with van der Waals surface area (Å²) in [6.07, 6.45) is 0. The van der Waals surface area contributed by atoms with Crippen molar-refractivity contribution in [2.45, 2.75) is 32.9 Å². The van der Waals surface area contributed by atoms with Crippen molar-refractivity contribution in [1.82, 2.24) is 10.6 Å². The van der Waals surface area contributed by atoms with Crippen LogP contribution >= 0.6 is 0 Å². The number of hydrogen-bond donors (Lipinski definition) is 3. The van der Waals surface area contributed by atoms with Crippen molar-refractivity contribution in [3.8, 4) is 5.75 Å². The van der Waals surface area contributed by atoms with Crippen molar-refractivity contribution in [3.63, 3.8) is 0 Å². The van der Waals surface area contributed by atoms with Gasteiger partial charge in [-0.15, -0.1) is 0 Å². The van der Waals surface area contributed by atoms with Crippen LogP contribution < -0.4 is 10.6 Å². The van der Waals surface area contributed by atoms with Crippen LogP contribution in [-0.4, -0.2) is 23.1 Å². The van der Waals surface area contributed by atoms with Gasteiger partial charge in [0.15, 0.2) is 0 Å².